The van der Waals surface area contributed by atoms with Gasteiger partial charge in [-0.05, 0) is 36.8 Å². The summed E-state index contributed by atoms with van der Waals surface area (Å²) in [6, 6.07) is 11.2. The summed E-state index contributed by atoms with van der Waals surface area (Å²) in [5.41, 5.74) is 2.43. The van der Waals surface area contributed by atoms with Crippen molar-refractivity contribution in [2.24, 2.45) is 0 Å². The molecule has 0 aliphatic carbocycles. The van der Waals surface area contributed by atoms with Crippen molar-refractivity contribution in [2.75, 3.05) is 17.7 Å². The Bertz CT molecular complexity index is 549. The average Bonchev–Trinajstić information content (AvgIpc) is 2.39. The fourth-order valence-electron chi connectivity index (χ4n) is 1.60. The topological polar surface area (TPSA) is 54.0 Å². The molecule has 4 heteroatoms. The number of benzene rings is 1. The first-order chi connectivity index (χ1) is 8.69. The zero-order valence-corrected chi connectivity index (χ0v) is 10.4. The molecule has 1 aromatic carbocycles. The van der Waals surface area contributed by atoms with Crippen LogP contribution in [0.2, 0.25) is 0 Å². The third-order valence-corrected chi connectivity index (χ3v) is 2.56. The second kappa shape index (κ2) is 5.31. The Hall–Kier alpha value is -2.36. The molecule has 0 saturated carbocycles. The minimum atomic E-state index is -0.157. The number of pyridine rings is 1. The standard InChI is InChI=1S/C14H15N3O/c1-10-4-3-5-12(8-10)17-14(18)11-6-7-13(15-2)16-9-11/h3-9H,1-2H3,(H,15,16)(H,17,18). The number of nitrogens with zero attached hydrogens (tertiary/aromatic N) is 1. The van der Waals surface area contributed by atoms with E-state index in [0.717, 1.165) is 17.1 Å². The summed E-state index contributed by atoms with van der Waals surface area (Å²) < 4.78 is 0. The van der Waals surface area contributed by atoms with Crippen LogP contribution in [0.15, 0.2) is 42.6 Å². The van der Waals surface area contributed by atoms with E-state index in [1.165, 1.54) is 0 Å². The quantitative estimate of drug-likeness (QED) is 0.868. The number of anilines is 2. The van der Waals surface area contributed by atoms with E-state index in [0.29, 0.717) is 5.56 Å². The molecule has 0 saturated heterocycles. The predicted molar refractivity (Wildman–Crippen MR) is 72.9 cm³/mol. The summed E-state index contributed by atoms with van der Waals surface area (Å²) in [6.07, 6.45) is 1.55. The average molecular weight is 241 g/mol. The first-order valence-corrected chi connectivity index (χ1v) is 5.71. The van der Waals surface area contributed by atoms with E-state index in [4.69, 9.17) is 0 Å². The number of hydrogen-bond acceptors (Lipinski definition) is 3. The van der Waals surface area contributed by atoms with Gasteiger partial charge < -0.3 is 10.6 Å². The van der Waals surface area contributed by atoms with Gasteiger partial charge in [-0.3, -0.25) is 4.79 Å². The molecular formula is C14H15N3O. The first kappa shape index (κ1) is 12.1. The monoisotopic (exact) mass is 241 g/mol. The molecule has 0 aliphatic rings. The van der Waals surface area contributed by atoms with Gasteiger partial charge in [0.15, 0.2) is 0 Å². The number of aryl methyl sites for hydroxylation is 1. The van der Waals surface area contributed by atoms with Gasteiger partial charge in [0.2, 0.25) is 0 Å². The molecule has 0 fully saturated rings. The van der Waals surface area contributed by atoms with Gasteiger partial charge in [0.05, 0.1) is 5.56 Å². The van der Waals surface area contributed by atoms with Crippen molar-refractivity contribution in [1.29, 1.82) is 0 Å². The largest absolute Gasteiger partial charge is 0.373 e. The van der Waals surface area contributed by atoms with Gasteiger partial charge in [0, 0.05) is 18.9 Å². The summed E-state index contributed by atoms with van der Waals surface area (Å²) in [4.78, 5) is 16.1. The molecule has 4 nitrogen and oxygen atoms in total. The normalized spacial score (nSPS) is 9.89. The van der Waals surface area contributed by atoms with Crippen molar-refractivity contribution in [3.63, 3.8) is 0 Å². The van der Waals surface area contributed by atoms with E-state index in [-0.39, 0.29) is 5.91 Å². The van der Waals surface area contributed by atoms with Crippen molar-refractivity contribution >= 4 is 17.4 Å². The molecule has 2 aromatic rings. The predicted octanol–water partition coefficient (Wildman–Crippen LogP) is 2.68. The molecule has 0 bridgehead atoms. The zero-order chi connectivity index (χ0) is 13.0. The second-order valence-electron chi connectivity index (χ2n) is 4.01. The molecule has 2 N–H and O–H groups in total. The molecular weight excluding hydrogens is 226 g/mol. The van der Waals surface area contributed by atoms with Gasteiger partial charge >= 0.3 is 0 Å². The highest BCUT2D eigenvalue weighted by Crippen LogP contribution is 2.12. The van der Waals surface area contributed by atoms with Crippen molar-refractivity contribution in [3.8, 4) is 0 Å². The summed E-state index contributed by atoms with van der Waals surface area (Å²) in [6.45, 7) is 1.99. The fraction of sp³-hybridized carbons (Fsp3) is 0.143. The van der Waals surface area contributed by atoms with Gasteiger partial charge in [0.1, 0.15) is 5.82 Å². The molecule has 92 valence electrons. The number of amides is 1. The van der Waals surface area contributed by atoms with Crippen molar-refractivity contribution in [1.82, 2.24) is 4.98 Å². The van der Waals surface area contributed by atoms with E-state index >= 15 is 0 Å². The van der Waals surface area contributed by atoms with E-state index in [1.807, 2.05) is 31.2 Å². The number of nitrogens with one attached hydrogen (secondary N) is 2. The Balaban J connectivity index is 2.11. The van der Waals surface area contributed by atoms with Crippen LogP contribution < -0.4 is 10.6 Å². The Morgan fingerprint density at radius 3 is 2.67 bits per heavy atom. The number of rotatable bonds is 3. The van der Waals surface area contributed by atoms with Gasteiger partial charge in [-0.2, -0.15) is 0 Å². The third kappa shape index (κ3) is 2.85. The van der Waals surface area contributed by atoms with Crippen LogP contribution in [0.4, 0.5) is 11.5 Å². The molecule has 0 unspecified atom stereocenters. The fourth-order valence-corrected chi connectivity index (χ4v) is 1.60. The SMILES string of the molecule is CNc1ccc(C(=O)Nc2cccc(C)c2)cn1. The molecule has 0 atom stereocenters. The second-order valence-corrected chi connectivity index (χ2v) is 4.01. The highest BCUT2D eigenvalue weighted by Gasteiger charge is 2.06. The molecule has 0 radical (unpaired) electrons. The maximum atomic E-state index is 12.0. The van der Waals surface area contributed by atoms with Gasteiger partial charge in [0.25, 0.3) is 5.91 Å². The highest BCUT2D eigenvalue weighted by atomic mass is 16.1. The Kier molecular flexibility index (Phi) is 3.57. The van der Waals surface area contributed by atoms with Crippen LogP contribution in [0.25, 0.3) is 0 Å². The van der Waals surface area contributed by atoms with E-state index in [9.17, 15) is 4.79 Å². The molecule has 0 aliphatic heterocycles. The van der Waals surface area contributed by atoms with Crippen LogP contribution in [0.3, 0.4) is 0 Å². The summed E-state index contributed by atoms with van der Waals surface area (Å²) >= 11 is 0. The van der Waals surface area contributed by atoms with Crippen molar-refractivity contribution in [2.45, 2.75) is 6.92 Å². The molecule has 1 heterocycles. The Labute approximate surface area is 106 Å². The lowest BCUT2D eigenvalue weighted by Crippen LogP contribution is -2.12. The van der Waals surface area contributed by atoms with Crippen LogP contribution >= 0.6 is 0 Å². The maximum absolute atomic E-state index is 12.0. The minimum absolute atomic E-state index is 0.157. The Morgan fingerprint density at radius 2 is 2.06 bits per heavy atom. The third-order valence-electron chi connectivity index (χ3n) is 2.56. The minimum Gasteiger partial charge on any atom is -0.373 e. The lowest BCUT2D eigenvalue weighted by atomic mass is 10.2. The van der Waals surface area contributed by atoms with E-state index in [1.54, 1.807) is 25.4 Å². The summed E-state index contributed by atoms with van der Waals surface area (Å²) in [7, 11) is 1.79. The zero-order valence-electron chi connectivity index (χ0n) is 10.4. The number of carbonyl (C=O) groups is 1. The lowest BCUT2D eigenvalue weighted by Gasteiger charge is -2.06. The number of carbonyl (C=O) groups excluding carboxylic acids is 1. The smallest absolute Gasteiger partial charge is 0.257 e. The van der Waals surface area contributed by atoms with Crippen molar-refractivity contribution < 1.29 is 4.79 Å². The van der Waals surface area contributed by atoms with E-state index < -0.39 is 0 Å². The van der Waals surface area contributed by atoms with E-state index in [2.05, 4.69) is 15.6 Å². The van der Waals surface area contributed by atoms with Crippen molar-refractivity contribution in [3.05, 3.63) is 53.7 Å². The van der Waals surface area contributed by atoms with Gasteiger partial charge in [-0.15, -0.1) is 0 Å². The maximum Gasteiger partial charge on any atom is 0.257 e. The van der Waals surface area contributed by atoms with Crippen LogP contribution in [0.1, 0.15) is 15.9 Å². The van der Waals surface area contributed by atoms with Crippen LogP contribution in [0, 0.1) is 6.92 Å². The summed E-state index contributed by atoms with van der Waals surface area (Å²) in [5, 5.41) is 5.74. The number of hydrogen-bond donors (Lipinski definition) is 2. The van der Waals surface area contributed by atoms with Gasteiger partial charge in [-0.25, -0.2) is 4.98 Å². The molecule has 0 spiro atoms. The molecule has 1 amide bonds. The highest BCUT2D eigenvalue weighted by molar-refractivity contribution is 6.04. The summed E-state index contributed by atoms with van der Waals surface area (Å²) in [5.74, 6) is 0.581. The Morgan fingerprint density at radius 1 is 1.22 bits per heavy atom. The molecule has 18 heavy (non-hydrogen) atoms. The van der Waals surface area contributed by atoms with Gasteiger partial charge in [-0.1, -0.05) is 12.1 Å². The molecule has 2 rings (SSSR count). The molecule has 1 aromatic heterocycles. The van der Waals surface area contributed by atoms with Crippen LogP contribution in [-0.4, -0.2) is 17.9 Å². The first-order valence-electron chi connectivity index (χ1n) is 5.71. The van der Waals surface area contributed by atoms with Crippen LogP contribution in [0.5, 0.6) is 0 Å². The van der Waals surface area contributed by atoms with Crippen LogP contribution in [-0.2, 0) is 0 Å². The lowest BCUT2D eigenvalue weighted by molar-refractivity contribution is 0.102. The number of aromatic nitrogens is 1.